The second kappa shape index (κ2) is 45.7. The van der Waals surface area contributed by atoms with Gasteiger partial charge in [0.1, 0.15) is 0 Å². The van der Waals surface area contributed by atoms with Crippen LogP contribution >= 0.6 is 58.0 Å². The lowest BCUT2D eigenvalue weighted by Crippen LogP contribution is -2.50. The first kappa shape index (κ1) is 88.6. The molecule has 23 heteroatoms. The summed E-state index contributed by atoms with van der Waals surface area (Å²) >= 11 is 30.3. The van der Waals surface area contributed by atoms with Crippen LogP contribution in [0.3, 0.4) is 0 Å². The molecule has 0 aromatic heterocycles. The van der Waals surface area contributed by atoms with Gasteiger partial charge in [0.05, 0.1) is 38.2 Å². The maximum atomic E-state index is 13.8. The molecule has 6 fully saturated rings. The Kier molecular flexibility index (Phi) is 35.2. The minimum Gasteiger partial charge on any atom is -0.350 e. The predicted octanol–water partition coefficient (Wildman–Crippen LogP) is 15.8. The third-order valence-electron chi connectivity index (χ3n) is 24.0. The second-order valence-electron chi connectivity index (χ2n) is 32.0. The van der Waals surface area contributed by atoms with Gasteiger partial charge >= 0.3 is 0 Å². The summed E-state index contributed by atoms with van der Waals surface area (Å²) in [5.41, 5.74) is 5.40. The maximum absolute atomic E-state index is 13.8. The summed E-state index contributed by atoms with van der Waals surface area (Å²) in [5, 5.41) is 24.3. The standard InChI is InChI=1S/C33H41ClN4O2.C30H40Cl2N4O2.C29H38Cl2N4O2/c1-2-24(25-8-4-3-5-9-25)23-38-19-14-30(36-31(33(38)40)15-18-37-16-6-7-17-37)22-35-32(39)28-11-10-27-21-29(34)13-12-26(27)20-28;1-2-22(23-9-5-3-6-10-23)21-36-18-13-25(20-33-29(37)24-11-12-26(31)27(32)19-24)34-28(30(36)38)14-17-35-15-7-4-8-16-35;1-2-21(22-8-4-3-5-9-22)20-35-17-12-24(19-32-28(36)23-10-11-25(30)26(31)18-23)33-27(29(35)37)13-16-34-14-6-7-15-34/h3-5,8-13,20-21,24,30-31,36H,2,6-7,14-19,22-23H2,1H3,(H,35,39);3,5-6,9-12,19,22,25,28,34H,2,4,7-8,13-18,20-21H2,1H3,(H,33,37);3-5,8-11,18,21,24,27,33H,2,6-7,12-17,19-20H2,1H3,(H,32,36)/t24-,30+,31+;22-,25+,28+;21-,24+,27+/m111/s1. The molecule has 0 spiro atoms. The minimum absolute atomic E-state index is 0.000974. The van der Waals surface area contributed by atoms with Crippen LogP contribution in [0.4, 0.5) is 0 Å². The molecular weight excluding hydrogens is 1550 g/mol. The molecular formula is C92H119Cl5N12O6. The van der Waals surface area contributed by atoms with E-state index in [0.717, 1.165) is 134 Å². The van der Waals surface area contributed by atoms with Gasteiger partial charge in [-0.25, -0.2) is 0 Å². The highest BCUT2D eigenvalue weighted by Crippen LogP contribution is 2.30. The van der Waals surface area contributed by atoms with Crippen molar-refractivity contribution < 1.29 is 28.8 Å². The van der Waals surface area contributed by atoms with Gasteiger partial charge in [-0.1, -0.05) is 188 Å². The van der Waals surface area contributed by atoms with Crippen LogP contribution in [0.25, 0.3) is 10.8 Å². The van der Waals surface area contributed by atoms with Crippen LogP contribution in [-0.4, -0.2) is 219 Å². The van der Waals surface area contributed by atoms with Gasteiger partial charge < -0.3 is 61.3 Å². The normalized spacial score (nSPS) is 21.4. The molecule has 7 aromatic rings. The first-order valence-electron chi connectivity index (χ1n) is 42.3. The van der Waals surface area contributed by atoms with Crippen molar-refractivity contribution in [3.8, 4) is 0 Å². The van der Waals surface area contributed by atoms with Crippen LogP contribution < -0.4 is 31.9 Å². The molecule has 13 rings (SSSR count). The zero-order valence-electron chi connectivity index (χ0n) is 67.3. The molecule has 7 aromatic carbocycles. The lowest BCUT2D eigenvalue weighted by Gasteiger charge is -2.31. The average Bonchev–Trinajstić information content (AvgIpc) is 1.70. The van der Waals surface area contributed by atoms with E-state index in [2.05, 4.69) is 150 Å². The highest BCUT2D eigenvalue weighted by atomic mass is 35.5. The van der Waals surface area contributed by atoms with Crippen molar-refractivity contribution in [3.05, 3.63) is 222 Å². The van der Waals surface area contributed by atoms with Gasteiger partial charge in [-0.3, -0.25) is 28.8 Å². The van der Waals surface area contributed by atoms with Crippen LogP contribution in [-0.2, 0) is 14.4 Å². The van der Waals surface area contributed by atoms with Gasteiger partial charge in [0.2, 0.25) is 17.7 Å². The highest BCUT2D eigenvalue weighted by Gasteiger charge is 2.37. The molecule has 6 N–H and O–H groups in total. The Morgan fingerprint density at radius 2 is 0.670 bits per heavy atom. The lowest BCUT2D eigenvalue weighted by atomic mass is 9.95. The number of amides is 6. The van der Waals surface area contributed by atoms with Crippen molar-refractivity contribution in [2.75, 3.05) is 118 Å². The molecule has 6 aliphatic rings. The number of nitrogens with zero attached hydrogens (tertiary/aromatic N) is 6. The predicted molar refractivity (Wildman–Crippen MR) is 469 cm³/mol. The third kappa shape index (κ3) is 26.7. The Bertz CT molecular complexity index is 4250. The van der Waals surface area contributed by atoms with E-state index in [0.29, 0.717) is 112 Å². The molecule has 18 nitrogen and oxygen atoms in total. The number of halogens is 5. The van der Waals surface area contributed by atoms with Crippen LogP contribution in [0, 0.1) is 0 Å². The fraction of sp³-hybridized carbons (Fsp3) is 0.500. The van der Waals surface area contributed by atoms with Crippen molar-refractivity contribution in [3.63, 3.8) is 0 Å². The molecule has 6 amide bonds. The quantitative estimate of drug-likeness (QED) is 0.0250. The van der Waals surface area contributed by atoms with Crippen molar-refractivity contribution in [1.82, 2.24) is 61.3 Å². The van der Waals surface area contributed by atoms with Gasteiger partial charge in [0.15, 0.2) is 0 Å². The summed E-state index contributed by atoms with van der Waals surface area (Å²) in [6.07, 6.45) is 16.3. The summed E-state index contributed by atoms with van der Waals surface area (Å²) in [6.45, 7) is 21.5. The summed E-state index contributed by atoms with van der Waals surface area (Å²) < 4.78 is 0. The van der Waals surface area contributed by atoms with Crippen LogP contribution in [0.15, 0.2) is 164 Å². The van der Waals surface area contributed by atoms with Gasteiger partial charge in [-0.2, -0.15) is 0 Å². The van der Waals surface area contributed by atoms with Crippen molar-refractivity contribution >= 4 is 104 Å². The molecule has 115 heavy (non-hydrogen) atoms. The molecule has 618 valence electrons. The highest BCUT2D eigenvalue weighted by molar-refractivity contribution is 6.42. The Morgan fingerprint density at radius 3 is 1.00 bits per heavy atom. The Hall–Kier alpha value is -7.17. The minimum atomic E-state index is -0.264. The first-order chi connectivity index (χ1) is 55.9. The Balaban J connectivity index is 0.000000170. The number of piperidine rings is 1. The number of benzene rings is 7. The van der Waals surface area contributed by atoms with Crippen molar-refractivity contribution in [2.45, 2.75) is 178 Å². The molecule has 0 unspecified atom stereocenters. The zero-order valence-corrected chi connectivity index (χ0v) is 71.1. The summed E-state index contributed by atoms with van der Waals surface area (Å²) in [7, 11) is 0. The van der Waals surface area contributed by atoms with Gasteiger partial charge in [0, 0.05) is 136 Å². The van der Waals surface area contributed by atoms with E-state index in [9.17, 15) is 28.8 Å². The molecule has 0 radical (unpaired) electrons. The largest absolute Gasteiger partial charge is 0.350 e. The van der Waals surface area contributed by atoms with Crippen molar-refractivity contribution in [2.24, 2.45) is 0 Å². The molecule has 0 aliphatic carbocycles. The van der Waals surface area contributed by atoms with Gasteiger partial charge in [0.25, 0.3) is 17.7 Å². The fourth-order valence-electron chi connectivity index (χ4n) is 17.0. The van der Waals surface area contributed by atoms with Crippen LogP contribution in [0.5, 0.6) is 0 Å². The van der Waals surface area contributed by atoms with Gasteiger partial charge in [-0.05, 0) is 224 Å². The number of rotatable bonds is 30. The molecule has 0 saturated carbocycles. The molecule has 6 heterocycles. The van der Waals surface area contributed by atoms with Crippen LogP contribution in [0.2, 0.25) is 25.1 Å². The Labute approximate surface area is 707 Å². The van der Waals surface area contributed by atoms with E-state index >= 15 is 0 Å². The second-order valence-corrected chi connectivity index (χ2v) is 34.0. The average molecular weight is 1670 g/mol. The summed E-state index contributed by atoms with van der Waals surface area (Å²) in [5.74, 6) is 0.953. The number of carbonyl (C=O) groups excluding carboxylic acids is 6. The molecule has 6 saturated heterocycles. The summed E-state index contributed by atoms with van der Waals surface area (Å²) in [4.78, 5) is 93.6. The van der Waals surface area contributed by atoms with Crippen molar-refractivity contribution in [1.29, 1.82) is 0 Å². The maximum Gasteiger partial charge on any atom is 0.251 e. The van der Waals surface area contributed by atoms with E-state index in [1.54, 1.807) is 36.4 Å². The van der Waals surface area contributed by atoms with Crippen LogP contribution in [0.1, 0.15) is 189 Å². The first-order valence-corrected chi connectivity index (χ1v) is 44.2. The third-order valence-corrected chi connectivity index (χ3v) is 25.7. The van der Waals surface area contributed by atoms with E-state index in [1.807, 2.05) is 59.5 Å². The number of hydrogen-bond acceptors (Lipinski definition) is 12. The lowest BCUT2D eigenvalue weighted by molar-refractivity contribution is -0.134. The Morgan fingerprint density at radius 1 is 0.365 bits per heavy atom. The monoisotopic (exact) mass is 1660 g/mol. The topological polar surface area (TPSA) is 194 Å². The van der Waals surface area contributed by atoms with Gasteiger partial charge in [-0.15, -0.1) is 0 Å². The molecule has 9 atom stereocenters. The molecule has 0 bridgehead atoms. The number of hydrogen-bond donors (Lipinski definition) is 6. The number of likely N-dealkylation sites (tertiary alicyclic amines) is 3. The smallest absolute Gasteiger partial charge is 0.251 e. The van der Waals surface area contributed by atoms with E-state index < -0.39 is 0 Å². The molecule has 6 aliphatic heterocycles. The number of nitrogens with one attached hydrogen (secondary N) is 6. The van der Waals surface area contributed by atoms with E-state index in [-0.39, 0.29) is 71.7 Å². The zero-order chi connectivity index (χ0) is 81.0. The van der Waals surface area contributed by atoms with E-state index in [1.165, 1.54) is 61.6 Å². The summed E-state index contributed by atoms with van der Waals surface area (Å²) in [6, 6.07) is 51.8. The van der Waals surface area contributed by atoms with E-state index in [4.69, 9.17) is 58.0 Å². The number of fused-ring (bicyclic) bond motifs is 1. The SMILES string of the molecule is CC[C@H](CN1CC[C@@H](CNC(=O)c2ccc(Cl)c(Cl)c2)N[C@@H](CCN2CCCC2)C1=O)c1ccccc1.CC[C@H](CN1CC[C@@H](CNC(=O)c2ccc(Cl)c(Cl)c2)N[C@@H](CCN2CCCCC2)C1=O)c1ccccc1.CC[C@H](CN1CC[C@@H](CNC(=O)c2ccc3cc(Cl)ccc3c2)N[C@@H](CCN2CCCC2)C1=O)c1ccccc1. The number of carbonyl (C=O) groups is 6. The fourth-order valence-corrected chi connectivity index (χ4v) is 17.8.